The van der Waals surface area contributed by atoms with Gasteiger partial charge in [-0.25, -0.2) is 8.42 Å². The number of nitrogens with two attached hydrogens (primary N) is 1. The van der Waals surface area contributed by atoms with Crippen LogP contribution in [-0.4, -0.2) is 31.1 Å². The van der Waals surface area contributed by atoms with Crippen molar-refractivity contribution in [3.8, 4) is 0 Å². The molecule has 3 N–H and O–H groups in total. The molecule has 0 heterocycles. The SMILES string of the molecule is CS(=O)(=O)c1ccc(C(=O)NC2(C(N)=S)CCCC2)cc1. The molecule has 0 atom stereocenters. The largest absolute Gasteiger partial charge is 0.391 e. The highest BCUT2D eigenvalue weighted by molar-refractivity contribution is 7.90. The van der Waals surface area contributed by atoms with Crippen molar-refractivity contribution in [1.82, 2.24) is 5.32 Å². The third-order valence-corrected chi connectivity index (χ3v) is 5.35. The summed E-state index contributed by atoms with van der Waals surface area (Å²) in [5.74, 6) is -0.287. The van der Waals surface area contributed by atoms with Gasteiger partial charge in [0, 0.05) is 11.8 Å². The summed E-state index contributed by atoms with van der Waals surface area (Å²) in [5.41, 5.74) is 5.56. The maximum atomic E-state index is 12.3. The van der Waals surface area contributed by atoms with E-state index in [2.05, 4.69) is 5.32 Å². The number of hydrogen-bond acceptors (Lipinski definition) is 4. The minimum Gasteiger partial charge on any atom is -0.391 e. The summed E-state index contributed by atoms with van der Waals surface area (Å²) < 4.78 is 22.8. The Labute approximate surface area is 129 Å². The van der Waals surface area contributed by atoms with Gasteiger partial charge in [0.1, 0.15) is 0 Å². The number of thiocarbonyl (C=S) groups is 1. The minimum absolute atomic E-state index is 0.184. The number of sulfone groups is 1. The lowest BCUT2D eigenvalue weighted by Gasteiger charge is -2.29. The smallest absolute Gasteiger partial charge is 0.252 e. The molecule has 5 nitrogen and oxygen atoms in total. The third kappa shape index (κ3) is 3.41. The van der Waals surface area contributed by atoms with E-state index >= 15 is 0 Å². The number of benzene rings is 1. The first-order valence-electron chi connectivity index (χ1n) is 6.67. The van der Waals surface area contributed by atoms with Crippen molar-refractivity contribution >= 4 is 33.0 Å². The number of carbonyl (C=O) groups is 1. The van der Waals surface area contributed by atoms with Gasteiger partial charge in [-0.1, -0.05) is 25.1 Å². The molecule has 0 aliphatic heterocycles. The number of nitrogens with one attached hydrogen (secondary N) is 1. The van der Waals surface area contributed by atoms with E-state index in [-0.39, 0.29) is 10.8 Å². The zero-order valence-electron chi connectivity index (χ0n) is 11.8. The first kappa shape index (κ1) is 15.9. The van der Waals surface area contributed by atoms with Crippen LogP contribution in [0.15, 0.2) is 29.2 Å². The summed E-state index contributed by atoms with van der Waals surface area (Å²) in [6.45, 7) is 0. The fourth-order valence-electron chi connectivity index (χ4n) is 2.55. The van der Waals surface area contributed by atoms with Gasteiger partial charge in [-0.3, -0.25) is 4.79 Å². The molecular weight excluding hydrogens is 308 g/mol. The van der Waals surface area contributed by atoms with E-state index in [1.165, 1.54) is 24.3 Å². The van der Waals surface area contributed by atoms with Crippen LogP contribution in [0, 0.1) is 0 Å². The van der Waals surface area contributed by atoms with E-state index in [1.807, 2.05) is 0 Å². The average molecular weight is 326 g/mol. The van der Waals surface area contributed by atoms with Gasteiger partial charge < -0.3 is 11.1 Å². The summed E-state index contributed by atoms with van der Waals surface area (Å²) in [5, 5.41) is 2.91. The molecule has 1 aromatic rings. The molecule has 1 fully saturated rings. The van der Waals surface area contributed by atoms with E-state index in [9.17, 15) is 13.2 Å². The molecule has 0 aromatic heterocycles. The monoisotopic (exact) mass is 326 g/mol. The second-order valence-corrected chi connectivity index (χ2v) is 7.86. The quantitative estimate of drug-likeness (QED) is 0.817. The molecule has 7 heteroatoms. The van der Waals surface area contributed by atoms with Gasteiger partial charge in [0.15, 0.2) is 9.84 Å². The summed E-state index contributed by atoms with van der Waals surface area (Å²) in [4.78, 5) is 12.8. The Morgan fingerprint density at radius 2 is 1.76 bits per heavy atom. The predicted octanol–water partition coefficient (Wildman–Crippen LogP) is 1.42. The predicted molar refractivity (Wildman–Crippen MR) is 85.0 cm³/mol. The van der Waals surface area contributed by atoms with E-state index in [0.29, 0.717) is 10.6 Å². The Bertz CT molecular complexity index is 660. The van der Waals surface area contributed by atoms with Gasteiger partial charge in [0.05, 0.1) is 15.4 Å². The standard InChI is InChI=1S/C14H18N2O3S2/c1-21(18,19)11-6-4-10(5-7-11)12(17)16-14(13(15)20)8-2-3-9-14/h4-7H,2-3,8-9H2,1H3,(H2,15,20)(H,16,17). The number of carbonyl (C=O) groups excluding carboxylic acids is 1. The first-order valence-corrected chi connectivity index (χ1v) is 8.97. The first-order chi connectivity index (χ1) is 9.74. The summed E-state index contributed by atoms with van der Waals surface area (Å²) in [6.07, 6.45) is 4.57. The molecule has 1 amide bonds. The van der Waals surface area contributed by atoms with Crippen LogP contribution in [0.25, 0.3) is 0 Å². The van der Waals surface area contributed by atoms with Crippen LogP contribution in [-0.2, 0) is 9.84 Å². The Hall–Kier alpha value is -1.47. The second kappa shape index (κ2) is 5.73. The van der Waals surface area contributed by atoms with E-state index in [1.54, 1.807) is 0 Å². The van der Waals surface area contributed by atoms with E-state index < -0.39 is 15.4 Å². The van der Waals surface area contributed by atoms with E-state index in [4.69, 9.17) is 18.0 Å². The topological polar surface area (TPSA) is 89.3 Å². The van der Waals surface area contributed by atoms with Crippen LogP contribution in [0.1, 0.15) is 36.0 Å². The molecule has 0 saturated heterocycles. The molecular formula is C14H18N2O3S2. The zero-order valence-corrected chi connectivity index (χ0v) is 13.4. The lowest BCUT2D eigenvalue weighted by molar-refractivity contribution is 0.0924. The van der Waals surface area contributed by atoms with Crippen molar-refractivity contribution in [2.24, 2.45) is 5.73 Å². The van der Waals surface area contributed by atoms with Gasteiger partial charge in [-0.15, -0.1) is 0 Å². The normalized spacial score (nSPS) is 17.4. The van der Waals surface area contributed by atoms with Gasteiger partial charge in [0.2, 0.25) is 0 Å². The molecule has 0 radical (unpaired) electrons. The number of hydrogen-bond donors (Lipinski definition) is 2. The Kier molecular flexibility index (Phi) is 4.34. The summed E-state index contributed by atoms with van der Waals surface area (Å²) in [7, 11) is -3.27. The molecule has 0 bridgehead atoms. The fourth-order valence-corrected chi connectivity index (χ4v) is 3.44. The summed E-state index contributed by atoms with van der Waals surface area (Å²) >= 11 is 5.09. The van der Waals surface area contributed by atoms with E-state index in [0.717, 1.165) is 31.9 Å². The summed E-state index contributed by atoms with van der Waals surface area (Å²) in [6, 6.07) is 5.83. The van der Waals surface area contributed by atoms with Crippen LogP contribution in [0.3, 0.4) is 0 Å². The average Bonchev–Trinajstić information content (AvgIpc) is 2.88. The maximum absolute atomic E-state index is 12.3. The Morgan fingerprint density at radius 3 is 2.19 bits per heavy atom. The van der Waals surface area contributed by atoms with Crippen LogP contribution < -0.4 is 11.1 Å². The minimum atomic E-state index is -3.27. The van der Waals surface area contributed by atoms with Gasteiger partial charge in [-0.2, -0.15) is 0 Å². The van der Waals surface area contributed by atoms with Gasteiger partial charge in [0.25, 0.3) is 5.91 Å². The second-order valence-electron chi connectivity index (χ2n) is 5.40. The molecule has 2 rings (SSSR count). The van der Waals surface area contributed by atoms with Crippen LogP contribution >= 0.6 is 12.2 Å². The van der Waals surface area contributed by atoms with Crippen molar-refractivity contribution in [2.75, 3.05) is 6.26 Å². The highest BCUT2D eigenvalue weighted by Gasteiger charge is 2.38. The molecule has 1 saturated carbocycles. The van der Waals surface area contributed by atoms with Crippen molar-refractivity contribution in [1.29, 1.82) is 0 Å². The Morgan fingerprint density at radius 1 is 1.24 bits per heavy atom. The molecule has 0 unspecified atom stereocenters. The lowest BCUT2D eigenvalue weighted by Crippen LogP contribution is -2.54. The highest BCUT2D eigenvalue weighted by atomic mass is 32.2. The van der Waals surface area contributed by atoms with Crippen molar-refractivity contribution in [3.05, 3.63) is 29.8 Å². The van der Waals surface area contributed by atoms with Gasteiger partial charge in [-0.05, 0) is 37.1 Å². The molecule has 114 valence electrons. The van der Waals surface area contributed by atoms with Crippen LogP contribution in [0.5, 0.6) is 0 Å². The third-order valence-electron chi connectivity index (χ3n) is 3.83. The number of amides is 1. The molecule has 1 aromatic carbocycles. The Balaban J connectivity index is 2.19. The van der Waals surface area contributed by atoms with Crippen LogP contribution in [0.2, 0.25) is 0 Å². The lowest BCUT2D eigenvalue weighted by atomic mass is 9.97. The highest BCUT2D eigenvalue weighted by Crippen LogP contribution is 2.30. The van der Waals surface area contributed by atoms with Crippen molar-refractivity contribution in [2.45, 2.75) is 36.1 Å². The fraction of sp³-hybridized carbons (Fsp3) is 0.429. The number of rotatable bonds is 4. The van der Waals surface area contributed by atoms with Gasteiger partial charge >= 0.3 is 0 Å². The molecule has 21 heavy (non-hydrogen) atoms. The van der Waals surface area contributed by atoms with Crippen molar-refractivity contribution < 1.29 is 13.2 Å². The molecule has 0 spiro atoms. The van der Waals surface area contributed by atoms with Crippen LogP contribution in [0.4, 0.5) is 0 Å². The maximum Gasteiger partial charge on any atom is 0.252 e. The van der Waals surface area contributed by atoms with Crippen molar-refractivity contribution in [3.63, 3.8) is 0 Å². The molecule has 1 aliphatic carbocycles. The zero-order chi connectivity index (χ0) is 15.7. The molecule has 1 aliphatic rings.